The van der Waals surface area contributed by atoms with Crippen LogP contribution >= 0.6 is 59.4 Å². The highest BCUT2D eigenvalue weighted by molar-refractivity contribution is 9.11. The molecule has 0 aromatic heterocycles. The molecule has 0 unspecified atom stereocenters. The first-order chi connectivity index (χ1) is 9.47. The SMILES string of the molecule is O=C(COc1c(Br)cc(Br)cc1Br)c1ccc(Cl)cc1. The van der Waals surface area contributed by atoms with Crippen molar-refractivity contribution in [3.63, 3.8) is 0 Å². The summed E-state index contributed by atoms with van der Waals surface area (Å²) >= 11 is 16.0. The molecule has 0 saturated carbocycles. The van der Waals surface area contributed by atoms with Gasteiger partial charge in [0, 0.05) is 15.1 Å². The number of halogens is 4. The lowest BCUT2D eigenvalue weighted by Gasteiger charge is -2.10. The first-order valence-electron chi connectivity index (χ1n) is 5.53. The van der Waals surface area contributed by atoms with Crippen LogP contribution in [0, 0.1) is 0 Å². The van der Waals surface area contributed by atoms with Crippen molar-refractivity contribution in [3.8, 4) is 5.75 Å². The van der Waals surface area contributed by atoms with E-state index >= 15 is 0 Å². The van der Waals surface area contributed by atoms with Crippen LogP contribution in [0.15, 0.2) is 49.8 Å². The fourth-order valence-electron chi connectivity index (χ4n) is 1.52. The van der Waals surface area contributed by atoms with Gasteiger partial charge in [0.25, 0.3) is 0 Å². The van der Waals surface area contributed by atoms with Gasteiger partial charge in [-0.15, -0.1) is 0 Å². The number of carbonyl (C=O) groups is 1. The van der Waals surface area contributed by atoms with Crippen LogP contribution in [0.1, 0.15) is 10.4 Å². The van der Waals surface area contributed by atoms with Gasteiger partial charge in [-0.1, -0.05) is 27.5 Å². The van der Waals surface area contributed by atoms with Crippen LogP contribution in [0.4, 0.5) is 0 Å². The number of ether oxygens (including phenoxy) is 1. The number of benzene rings is 2. The molecule has 0 amide bonds. The summed E-state index contributed by atoms with van der Waals surface area (Å²) < 4.78 is 8.01. The van der Waals surface area contributed by atoms with Gasteiger partial charge >= 0.3 is 0 Å². The Morgan fingerprint density at radius 2 is 1.60 bits per heavy atom. The summed E-state index contributed by atoms with van der Waals surface area (Å²) in [7, 11) is 0. The maximum Gasteiger partial charge on any atom is 0.200 e. The Morgan fingerprint density at radius 1 is 1.05 bits per heavy atom. The summed E-state index contributed by atoms with van der Waals surface area (Å²) in [6.07, 6.45) is 0. The first-order valence-corrected chi connectivity index (χ1v) is 8.29. The molecule has 0 heterocycles. The summed E-state index contributed by atoms with van der Waals surface area (Å²) in [5, 5.41) is 0.598. The van der Waals surface area contributed by atoms with Crippen LogP contribution in [-0.2, 0) is 0 Å². The lowest BCUT2D eigenvalue weighted by molar-refractivity contribution is 0.0920. The second kappa shape index (κ2) is 7.07. The summed E-state index contributed by atoms with van der Waals surface area (Å²) in [6.45, 7) is -0.0412. The van der Waals surface area contributed by atoms with Crippen molar-refractivity contribution in [2.75, 3.05) is 6.61 Å². The smallest absolute Gasteiger partial charge is 0.200 e. The second-order valence-corrected chi connectivity index (χ2v) is 6.98. The van der Waals surface area contributed by atoms with Crippen LogP contribution in [-0.4, -0.2) is 12.4 Å². The third kappa shape index (κ3) is 4.07. The van der Waals surface area contributed by atoms with Crippen molar-refractivity contribution >= 4 is 65.2 Å². The monoisotopic (exact) mass is 480 g/mol. The topological polar surface area (TPSA) is 26.3 Å². The van der Waals surface area contributed by atoms with E-state index in [9.17, 15) is 4.79 Å². The highest BCUT2D eigenvalue weighted by Gasteiger charge is 2.12. The average Bonchev–Trinajstić information content (AvgIpc) is 2.38. The van der Waals surface area contributed by atoms with E-state index in [0.717, 1.165) is 13.4 Å². The molecule has 0 spiro atoms. The third-order valence-electron chi connectivity index (χ3n) is 2.48. The third-order valence-corrected chi connectivity index (χ3v) is 4.36. The Hall–Kier alpha value is -0.360. The number of rotatable bonds is 4. The van der Waals surface area contributed by atoms with Gasteiger partial charge in [-0.25, -0.2) is 0 Å². The molecule has 0 radical (unpaired) electrons. The highest BCUT2D eigenvalue weighted by Crippen LogP contribution is 2.36. The Kier molecular flexibility index (Phi) is 5.66. The normalized spacial score (nSPS) is 10.4. The van der Waals surface area contributed by atoms with Gasteiger partial charge < -0.3 is 4.74 Å². The van der Waals surface area contributed by atoms with E-state index in [2.05, 4.69) is 47.8 Å². The quantitative estimate of drug-likeness (QED) is 0.507. The number of Topliss-reactive ketones (excluding diaryl/α,β-unsaturated/α-hetero) is 1. The fraction of sp³-hybridized carbons (Fsp3) is 0.0714. The van der Waals surface area contributed by atoms with E-state index in [4.69, 9.17) is 16.3 Å². The van der Waals surface area contributed by atoms with Crippen molar-refractivity contribution in [1.29, 1.82) is 0 Å². The predicted molar refractivity (Wildman–Crippen MR) is 90.8 cm³/mol. The number of ketones is 1. The largest absolute Gasteiger partial charge is 0.483 e. The van der Waals surface area contributed by atoms with Crippen LogP contribution in [0.3, 0.4) is 0 Å². The van der Waals surface area contributed by atoms with Crippen molar-refractivity contribution in [3.05, 3.63) is 60.4 Å². The van der Waals surface area contributed by atoms with Crippen molar-refractivity contribution in [1.82, 2.24) is 0 Å². The molecule has 104 valence electrons. The number of carbonyl (C=O) groups excluding carboxylic acids is 1. The van der Waals surface area contributed by atoms with Crippen LogP contribution in [0.2, 0.25) is 5.02 Å². The number of hydrogen-bond acceptors (Lipinski definition) is 2. The van der Waals surface area contributed by atoms with Crippen molar-refractivity contribution in [2.45, 2.75) is 0 Å². The summed E-state index contributed by atoms with van der Waals surface area (Å²) in [4.78, 5) is 12.0. The Morgan fingerprint density at radius 3 is 2.15 bits per heavy atom. The standard InChI is InChI=1S/C14H8Br3ClO2/c15-9-5-11(16)14(12(17)6-9)20-7-13(19)8-1-3-10(18)4-2-8/h1-6H,7H2. The second-order valence-electron chi connectivity index (χ2n) is 3.92. The summed E-state index contributed by atoms with van der Waals surface area (Å²) in [5.41, 5.74) is 0.568. The van der Waals surface area contributed by atoms with Crippen LogP contribution < -0.4 is 4.74 Å². The predicted octanol–water partition coefficient (Wildman–Crippen LogP) is 5.89. The van der Waals surface area contributed by atoms with Crippen LogP contribution in [0.5, 0.6) is 5.75 Å². The van der Waals surface area contributed by atoms with E-state index in [1.54, 1.807) is 24.3 Å². The molecule has 0 aliphatic heterocycles. The molecule has 0 saturated heterocycles. The maximum absolute atomic E-state index is 12.0. The van der Waals surface area contributed by atoms with Gasteiger partial charge in [-0.2, -0.15) is 0 Å². The van der Waals surface area contributed by atoms with Gasteiger partial charge in [0.05, 0.1) is 8.95 Å². The average molecular weight is 483 g/mol. The van der Waals surface area contributed by atoms with Gasteiger partial charge in [0.2, 0.25) is 0 Å². The molecule has 2 nitrogen and oxygen atoms in total. The molecule has 0 aliphatic rings. The zero-order valence-electron chi connectivity index (χ0n) is 10.00. The minimum atomic E-state index is -0.108. The van der Waals surface area contributed by atoms with E-state index in [1.165, 1.54) is 0 Å². The van der Waals surface area contributed by atoms with Crippen molar-refractivity contribution in [2.24, 2.45) is 0 Å². The molecule has 0 fully saturated rings. The molecule has 0 bridgehead atoms. The zero-order valence-corrected chi connectivity index (χ0v) is 15.5. The molecule has 0 aliphatic carbocycles. The summed E-state index contributed by atoms with van der Waals surface area (Å²) in [6, 6.07) is 10.4. The minimum Gasteiger partial charge on any atom is -0.483 e. The molecule has 0 atom stereocenters. The fourth-order valence-corrected chi connectivity index (χ4v) is 4.14. The minimum absolute atomic E-state index is 0.0412. The molecule has 20 heavy (non-hydrogen) atoms. The molecule has 6 heteroatoms. The number of hydrogen-bond donors (Lipinski definition) is 0. The molecular weight excluding hydrogens is 475 g/mol. The lowest BCUT2D eigenvalue weighted by atomic mass is 10.1. The first kappa shape index (κ1) is 16.0. The molecule has 2 aromatic rings. The molecular formula is C14H8Br3ClO2. The Balaban J connectivity index is 2.09. The van der Waals surface area contributed by atoms with E-state index < -0.39 is 0 Å². The lowest BCUT2D eigenvalue weighted by Crippen LogP contribution is -2.12. The van der Waals surface area contributed by atoms with Gasteiger partial charge in [-0.05, 0) is 68.3 Å². The zero-order chi connectivity index (χ0) is 14.7. The van der Waals surface area contributed by atoms with Gasteiger partial charge in [0.15, 0.2) is 12.4 Å². The van der Waals surface area contributed by atoms with Gasteiger partial charge in [0.1, 0.15) is 5.75 Å². The Bertz CT molecular complexity index is 618. The highest BCUT2D eigenvalue weighted by atomic mass is 79.9. The van der Waals surface area contributed by atoms with Crippen molar-refractivity contribution < 1.29 is 9.53 Å². The Labute approximate surface area is 146 Å². The molecule has 2 aromatic carbocycles. The van der Waals surface area contributed by atoms with E-state index in [0.29, 0.717) is 16.3 Å². The maximum atomic E-state index is 12.0. The van der Waals surface area contributed by atoms with Gasteiger partial charge in [-0.3, -0.25) is 4.79 Å². The molecule has 2 rings (SSSR count). The van der Waals surface area contributed by atoms with E-state index in [1.807, 2.05) is 12.1 Å². The van der Waals surface area contributed by atoms with E-state index in [-0.39, 0.29) is 12.4 Å². The summed E-state index contributed by atoms with van der Waals surface area (Å²) in [5.74, 6) is 0.485. The molecule has 0 N–H and O–H groups in total. The van der Waals surface area contributed by atoms with Crippen LogP contribution in [0.25, 0.3) is 0 Å².